The van der Waals surface area contributed by atoms with E-state index < -0.39 is 0 Å². The van der Waals surface area contributed by atoms with Gasteiger partial charge >= 0.3 is 0 Å². The molecule has 9 rings (SSSR count). The first-order chi connectivity index (χ1) is 22.2. The highest BCUT2D eigenvalue weighted by atomic mass is 32.1. The van der Waals surface area contributed by atoms with E-state index in [1.807, 2.05) is 41.8 Å². The summed E-state index contributed by atoms with van der Waals surface area (Å²) in [6.45, 7) is 6.10. The minimum absolute atomic E-state index is 0.635. The van der Waals surface area contributed by atoms with Gasteiger partial charge in [0.1, 0.15) is 0 Å². The molecule has 4 nitrogen and oxygen atoms in total. The zero-order chi connectivity index (χ0) is 30.1. The Kier molecular flexibility index (Phi) is 5.70. The number of benzene rings is 5. The number of para-hydroxylation sites is 1. The fourth-order valence-electron chi connectivity index (χ4n) is 6.88. The minimum Gasteiger partial charge on any atom is -0.275 e. The lowest BCUT2D eigenvalue weighted by atomic mass is 10.00. The number of hydrogen-bond donors (Lipinski definition) is 0. The van der Waals surface area contributed by atoms with E-state index in [0.717, 1.165) is 54.5 Å². The van der Waals surface area contributed by atoms with Gasteiger partial charge in [-0.3, -0.25) is 9.55 Å². The second-order valence-corrected chi connectivity index (χ2v) is 12.3. The van der Waals surface area contributed by atoms with Crippen LogP contribution in [0.1, 0.15) is 12.6 Å². The van der Waals surface area contributed by atoms with Crippen LogP contribution < -0.4 is 10.4 Å². The first kappa shape index (κ1) is 25.8. The van der Waals surface area contributed by atoms with Crippen LogP contribution in [0.4, 0.5) is 0 Å². The Bertz CT molecular complexity index is 2800. The largest absolute Gasteiger partial charge is 0.275 e. The lowest BCUT2D eigenvalue weighted by molar-refractivity contribution is 1.00. The number of hydrogen-bond acceptors (Lipinski definition) is 4. The Balaban J connectivity index is 1.51. The quantitative estimate of drug-likeness (QED) is 0.205. The molecule has 0 spiro atoms. The van der Waals surface area contributed by atoms with Crippen LogP contribution in [0.25, 0.3) is 81.4 Å². The van der Waals surface area contributed by atoms with E-state index >= 15 is 0 Å². The summed E-state index contributed by atoms with van der Waals surface area (Å²) >= 11 is 1.83. The van der Waals surface area contributed by atoms with Crippen molar-refractivity contribution in [2.24, 2.45) is 0 Å². The topological polar surface area (TPSA) is 43.6 Å². The lowest BCUT2D eigenvalue weighted by Gasteiger charge is -2.13. The predicted molar refractivity (Wildman–Crippen MR) is 191 cm³/mol. The highest BCUT2D eigenvalue weighted by Crippen LogP contribution is 2.47. The summed E-state index contributed by atoms with van der Waals surface area (Å²) < 4.78 is 4.72. The van der Waals surface area contributed by atoms with Gasteiger partial charge in [-0.2, -0.15) is 0 Å². The third kappa shape index (κ3) is 3.74. The van der Waals surface area contributed by atoms with Gasteiger partial charge in [0.15, 0.2) is 0 Å². The predicted octanol–water partition coefficient (Wildman–Crippen LogP) is 8.83. The second kappa shape index (κ2) is 9.94. The van der Waals surface area contributed by atoms with Crippen LogP contribution in [-0.4, -0.2) is 19.5 Å². The third-order valence-electron chi connectivity index (χ3n) is 8.81. The summed E-state index contributed by atoms with van der Waals surface area (Å²) in [5.74, 6) is 0.635. The minimum atomic E-state index is 0.635. The highest BCUT2D eigenvalue weighted by Gasteiger charge is 2.24. The molecule has 0 fully saturated rings. The molecule has 0 unspecified atom stereocenters. The van der Waals surface area contributed by atoms with Crippen molar-refractivity contribution in [2.75, 3.05) is 0 Å². The molecule has 0 saturated heterocycles. The molecule has 4 heterocycles. The monoisotopic (exact) mass is 594 g/mol. The van der Waals surface area contributed by atoms with Crippen LogP contribution in [0.5, 0.6) is 0 Å². The molecule has 0 N–H and O–H groups in total. The fraction of sp³-hybridized carbons (Fsp3) is 0.0250. The van der Waals surface area contributed by atoms with E-state index in [0.29, 0.717) is 5.95 Å². The SMILES string of the molecule is C=C/C=c1/cccc/c1=C(/C)c1nc(-n2c3cccnc3c3c4ccccc4c4c5ccccc5sc4c32)nc2ccccc12. The number of nitrogens with zero attached hydrogens (tertiary/aromatic N) is 4. The summed E-state index contributed by atoms with van der Waals surface area (Å²) in [5, 5.41) is 9.32. The van der Waals surface area contributed by atoms with Crippen molar-refractivity contribution in [3.8, 4) is 5.95 Å². The van der Waals surface area contributed by atoms with E-state index in [-0.39, 0.29) is 0 Å². The molecule has 0 saturated carbocycles. The molecular weight excluding hydrogens is 569 g/mol. The molecule has 0 atom stereocenters. The van der Waals surface area contributed by atoms with Crippen LogP contribution in [0, 0.1) is 0 Å². The first-order valence-corrected chi connectivity index (χ1v) is 15.8. The van der Waals surface area contributed by atoms with Gasteiger partial charge in [0.05, 0.1) is 32.5 Å². The average Bonchev–Trinajstić information content (AvgIpc) is 3.65. The van der Waals surface area contributed by atoms with E-state index in [1.54, 1.807) is 0 Å². The molecule has 0 bridgehead atoms. The smallest absolute Gasteiger partial charge is 0.235 e. The van der Waals surface area contributed by atoms with Gasteiger partial charge < -0.3 is 0 Å². The second-order valence-electron chi connectivity index (χ2n) is 11.3. The number of allylic oxidation sites excluding steroid dienone is 1. The van der Waals surface area contributed by atoms with Gasteiger partial charge in [-0.25, -0.2) is 9.97 Å². The number of rotatable bonds is 3. The highest BCUT2D eigenvalue weighted by molar-refractivity contribution is 7.27. The lowest BCUT2D eigenvalue weighted by Crippen LogP contribution is -2.26. The standard InChI is InChI=1S/C40H26N4S/c1-3-13-25-14-4-5-15-26(25)24(2)36-29-18-8-10-20-31(29)42-40(43-36)44-32-21-12-23-41-37(32)35-28-17-7-6-16-27(28)34-30-19-9-11-22-33(30)45-39(34)38(35)44/h3-23H,1H2,2H3/b25-13-,26-24+. The molecule has 212 valence electrons. The van der Waals surface area contributed by atoms with Gasteiger partial charge in [-0.1, -0.05) is 104 Å². The van der Waals surface area contributed by atoms with Crippen LogP contribution in [0.15, 0.2) is 128 Å². The maximum atomic E-state index is 5.41. The molecule has 9 aromatic rings. The van der Waals surface area contributed by atoms with E-state index in [2.05, 4.69) is 115 Å². The zero-order valence-electron chi connectivity index (χ0n) is 24.5. The first-order valence-electron chi connectivity index (χ1n) is 15.0. The van der Waals surface area contributed by atoms with Crippen molar-refractivity contribution in [3.63, 3.8) is 0 Å². The van der Waals surface area contributed by atoms with Crippen molar-refractivity contribution in [1.82, 2.24) is 19.5 Å². The third-order valence-corrected chi connectivity index (χ3v) is 9.99. The van der Waals surface area contributed by atoms with Crippen LogP contribution in [0.3, 0.4) is 0 Å². The molecule has 0 aliphatic carbocycles. The Labute approximate surface area is 262 Å². The van der Waals surface area contributed by atoms with Gasteiger partial charge in [0, 0.05) is 32.4 Å². The molecule has 4 aromatic heterocycles. The Morgan fingerprint density at radius 3 is 2.29 bits per heavy atom. The number of fused-ring (bicyclic) bond motifs is 11. The van der Waals surface area contributed by atoms with E-state index in [1.165, 1.54) is 30.9 Å². The summed E-state index contributed by atoms with van der Waals surface area (Å²) in [4.78, 5) is 15.6. The van der Waals surface area contributed by atoms with Crippen LogP contribution in [0.2, 0.25) is 0 Å². The Morgan fingerprint density at radius 2 is 1.44 bits per heavy atom. The van der Waals surface area contributed by atoms with Gasteiger partial charge in [0.25, 0.3) is 0 Å². The molecule has 0 aliphatic heterocycles. The molecule has 5 aromatic carbocycles. The van der Waals surface area contributed by atoms with E-state index in [4.69, 9.17) is 15.0 Å². The Morgan fingerprint density at radius 1 is 0.733 bits per heavy atom. The molecule has 0 radical (unpaired) electrons. The average molecular weight is 595 g/mol. The van der Waals surface area contributed by atoms with Crippen molar-refractivity contribution in [2.45, 2.75) is 6.92 Å². The molecule has 5 heteroatoms. The maximum absolute atomic E-state index is 5.41. The van der Waals surface area contributed by atoms with E-state index in [9.17, 15) is 0 Å². The maximum Gasteiger partial charge on any atom is 0.235 e. The zero-order valence-corrected chi connectivity index (χ0v) is 25.3. The molecule has 0 amide bonds. The Hall–Kier alpha value is -5.65. The van der Waals surface area contributed by atoms with Crippen LogP contribution in [-0.2, 0) is 0 Å². The molecule has 45 heavy (non-hydrogen) atoms. The van der Waals surface area contributed by atoms with Crippen molar-refractivity contribution in [3.05, 3.63) is 144 Å². The van der Waals surface area contributed by atoms with Gasteiger partial charge in [-0.15, -0.1) is 11.3 Å². The normalized spacial score (nSPS) is 13.1. The number of aromatic nitrogens is 4. The van der Waals surface area contributed by atoms with Crippen molar-refractivity contribution >= 4 is 86.8 Å². The van der Waals surface area contributed by atoms with Crippen molar-refractivity contribution in [1.29, 1.82) is 0 Å². The summed E-state index contributed by atoms with van der Waals surface area (Å²) in [5.41, 5.74) is 5.93. The van der Waals surface area contributed by atoms with Crippen molar-refractivity contribution < 1.29 is 0 Å². The summed E-state index contributed by atoms with van der Waals surface area (Å²) in [6, 6.07) is 38.2. The van der Waals surface area contributed by atoms with Crippen LogP contribution >= 0.6 is 11.3 Å². The number of pyridine rings is 1. The summed E-state index contributed by atoms with van der Waals surface area (Å²) in [7, 11) is 0. The molecule has 0 aliphatic rings. The number of thiophene rings is 1. The summed E-state index contributed by atoms with van der Waals surface area (Å²) in [6.07, 6.45) is 5.76. The molecular formula is C40H26N4S. The van der Waals surface area contributed by atoms with Gasteiger partial charge in [0.2, 0.25) is 5.95 Å². The fourth-order valence-corrected chi connectivity index (χ4v) is 8.14. The van der Waals surface area contributed by atoms with Gasteiger partial charge in [-0.05, 0) is 58.0 Å².